The minimum absolute atomic E-state index is 0.377. The van der Waals surface area contributed by atoms with Gasteiger partial charge in [0.1, 0.15) is 15.8 Å². The van der Waals surface area contributed by atoms with Gasteiger partial charge in [-0.2, -0.15) is 0 Å². The number of anilines is 1. The smallest absolute Gasteiger partial charge is 0.349 e. The number of carboxylic acids is 1. The monoisotopic (exact) mass is 303 g/mol. The maximum absolute atomic E-state index is 11.7. The van der Waals surface area contributed by atoms with Crippen LogP contribution in [0.1, 0.15) is 6.92 Å². The van der Waals surface area contributed by atoms with Crippen molar-refractivity contribution >= 4 is 40.8 Å². The second kappa shape index (κ2) is 7.01. The highest BCUT2D eigenvalue weighted by molar-refractivity contribution is 6.54. The first kappa shape index (κ1) is 15.3. The van der Waals surface area contributed by atoms with Crippen molar-refractivity contribution in [1.82, 2.24) is 0 Å². The fraction of sp³-hybridized carbons (Fsp3) is 0.167. The number of aliphatic carboxylic acids is 1. The van der Waals surface area contributed by atoms with E-state index >= 15 is 0 Å². The average Bonchev–Trinajstić information content (AvgIpc) is 2.39. The van der Waals surface area contributed by atoms with Crippen molar-refractivity contribution in [2.75, 3.05) is 11.9 Å². The Morgan fingerprint density at radius 1 is 1.26 bits per heavy atom. The first-order valence-electron chi connectivity index (χ1n) is 5.29. The number of rotatable bonds is 5. The number of ether oxygens (including phenoxy) is 1. The zero-order valence-corrected chi connectivity index (χ0v) is 11.5. The van der Waals surface area contributed by atoms with E-state index in [0.29, 0.717) is 18.0 Å². The van der Waals surface area contributed by atoms with Gasteiger partial charge >= 0.3 is 5.97 Å². The molecule has 0 aromatic heterocycles. The van der Waals surface area contributed by atoms with Gasteiger partial charge in [0.2, 0.25) is 0 Å². The van der Waals surface area contributed by atoms with Crippen LogP contribution in [0.25, 0.3) is 0 Å². The van der Waals surface area contributed by atoms with Crippen LogP contribution in [0.4, 0.5) is 5.69 Å². The van der Waals surface area contributed by atoms with Crippen LogP contribution in [0.2, 0.25) is 0 Å². The summed E-state index contributed by atoms with van der Waals surface area (Å²) in [6.45, 7) is 2.22. The molecular formula is C12H11Cl2NO4. The Kier molecular flexibility index (Phi) is 5.66. The van der Waals surface area contributed by atoms with E-state index in [0.717, 1.165) is 0 Å². The number of carboxylic acid groups (broad SMARTS) is 1. The molecule has 0 saturated heterocycles. The van der Waals surface area contributed by atoms with Gasteiger partial charge in [0, 0.05) is 0 Å². The van der Waals surface area contributed by atoms with E-state index in [4.69, 9.17) is 33.0 Å². The molecule has 0 radical (unpaired) electrons. The maximum atomic E-state index is 11.7. The van der Waals surface area contributed by atoms with Gasteiger partial charge in [0.25, 0.3) is 5.91 Å². The van der Waals surface area contributed by atoms with Gasteiger partial charge in [0.15, 0.2) is 0 Å². The van der Waals surface area contributed by atoms with Gasteiger partial charge in [0.05, 0.1) is 12.3 Å². The SMILES string of the molecule is CCOc1ccccc1NC(=O)C(Cl)=C(Cl)C(=O)O. The van der Waals surface area contributed by atoms with Crippen LogP contribution >= 0.6 is 23.2 Å². The quantitative estimate of drug-likeness (QED) is 0.820. The second-order valence-electron chi connectivity index (χ2n) is 3.32. The molecule has 0 fully saturated rings. The molecule has 0 aliphatic rings. The van der Waals surface area contributed by atoms with Crippen molar-refractivity contribution in [3.05, 3.63) is 34.3 Å². The zero-order valence-electron chi connectivity index (χ0n) is 9.94. The minimum atomic E-state index is -1.47. The molecule has 0 aliphatic carbocycles. The number of amides is 1. The van der Waals surface area contributed by atoms with Crippen LogP contribution in [-0.4, -0.2) is 23.6 Å². The topological polar surface area (TPSA) is 75.6 Å². The lowest BCUT2D eigenvalue weighted by molar-refractivity contribution is -0.132. The Labute approximate surface area is 119 Å². The summed E-state index contributed by atoms with van der Waals surface area (Å²) in [5, 5.41) is 9.72. The molecule has 0 atom stereocenters. The number of benzene rings is 1. The fourth-order valence-electron chi connectivity index (χ4n) is 1.22. The molecule has 0 spiro atoms. The van der Waals surface area contributed by atoms with Crippen LogP contribution in [-0.2, 0) is 9.59 Å². The molecule has 0 saturated carbocycles. The molecule has 0 aliphatic heterocycles. The number of hydrogen-bond acceptors (Lipinski definition) is 3. The molecule has 2 N–H and O–H groups in total. The van der Waals surface area contributed by atoms with Gasteiger partial charge in [-0.1, -0.05) is 35.3 Å². The number of nitrogens with one attached hydrogen (secondary N) is 1. The number of carbonyl (C=O) groups is 2. The molecule has 19 heavy (non-hydrogen) atoms. The molecule has 1 rings (SSSR count). The van der Waals surface area contributed by atoms with Gasteiger partial charge < -0.3 is 15.2 Å². The summed E-state index contributed by atoms with van der Waals surface area (Å²) in [6.07, 6.45) is 0. The Hall–Kier alpha value is -1.72. The molecule has 7 heteroatoms. The standard InChI is InChI=1S/C12H11Cl2NO4/c1-2-19-8-6-4-3-5-7(8)15-11(16)9(13)10(14)12(17)18/h3-6H,2H2,1H3,(H,15,16)(H,17,18). The third kappa shape index (κ3) is 4.15. The van der Waals surface area contributed by atoms with Crippen LogP contribution < -0.4 is 10.1 Å². The summed E-state index contributed by atoms with van der Waals surface area (Å²) in [5.41, 5.74) is 0.377. The van der Waals surface area contributed by atoms with Crippen molar-refractivity contribution in [3.63, 3.8) is 0 Å². The number of carbonyl (C=O) groups excluding carboxylic acids is 1. The van der Waals surface area contributed by atoms with Crippen molar-refractivity contribution in [2.24, 2.45) is 0 Å². The summed E-state index contributed by atoms with van der Waals surface area (Å²) in [7, 11) is 0. The Morgan fingerprint density at radius 3 is 2.47 bits per heavy atom. The number of hydrogen-bond donors (Lipinski definition) is 2. The fourth-order valence-corrected chi connectivity index (χ4v) is 1.44. The molecule has 0 unspecified atom stereocenters. The third-order valence-corrected chi connectivity index (χ3v) is 2.82. The van der Waals surface area contributed by atoms with Gasteiger partial charge in [-0.05, 0) is 19.1 Å². The van der Waals surface area contributed by atoms with E-state index < -0.39 is 21.9 Å². The van der Waals surface area contributed by atoms with Gasteiger partial charge in [-0.3, -0.25) is 4.79 Å². The van der Waals surface area contributed by atoms with E-state index in [1.54, 1.807) is 31.2 Å². The van der Waals surface area contributed by atoms with Gasteiger partial charge in [-0.25, -0.2) is 4.79 Å². The predicted molar refractivity (Wildman–Crippen MR) is 72.6 cm³/mol. The highest BCUT2D eigenvalue weighted by Gasteiger charge is 2.18. The van der Waals surface area contributed by atoms with E-state index in [-0.39, 0.29) is 0 Å². The molecule has 1 aromatic carbocycles. The van der Waals surface area contributed by atoms with Crippen molar-refractivity contribution < 1.29 is 19.4 Å². The van der Waals surface area contributed by atoms with Gasteiger partial charge in [-0.15, -0.1) is 0 Å². The van der Waals surface area contributed by atoms with Crippen molar-refractivity contribution in [3.8, 4) is 5.75 Å². The molecule has 1 aromatic rings. The second-order valence-corrected chi connectivity index (χ2v) is 4.07. The van der Waals surface area contributed by atoms with E-state index in [1.807, 2.05) is 0 Å². The normalized spacial score (nSPS) is 11.5. The highest BCUT2D eigenvalue weighted by atomic mass is 35.5. The van der Waals surface area contributed by atoms with Crippen LogP contribution in [0.3, 0.4) is 0 Å². The maximum Gasteiger partial charge on any atom is 0.349 e. The first-order chi connectivity index (χ1) is 8.97. The molecule has 0 bridgehead atoms. The first-order valence-corrected chi connectivity index (χ1v) is 6.04. The van der Waals surface area contributed by atoms with Crippen LogP contribution in [0.5, 0.6) is 5.75 Å². The highest BCUT2D eigenvalue weighted by Crippen LogP contribution is 2.25. The molecule has 102 valence electrons. The Morgan fingerprint density at radius 2 is 1.89 bits per heavy atom. The Balaban J connectivity index is 2.94. The summed E-state index contributed by atoms with van der Waals surface area (Å²) in [4.78, 5) is 22.3. The zero-order chi connectivity index (χ0) is 14.4. The molecule has 0 heterocycles. The van der Waals surface area contributed by atoms with Crippen LogP contribution in [0, 0.1) is 0 Å². The van der Waals surface area contributed by atoms with E-state index in [2.05, 4.69) is 5.32 Å². The lowest BCUT2D eigenvalue weighted by Gasteiger charge is -2.10. The predicted octanol–water partition coefficient (Wildman–Crippen LogP) is 2.80. The molecular weight excluding hydrogens is 293 g/mol. The lowest BCUT2D eigenvalue weighted by atomic mass is 10.3. The average molecular weight is 304 g/mol. The summed E-state index contributed by atoms with van der Waals surface area (Å²) >= 11 is 11.0. The third-order valence-electron chi connectivity index (χ3n) is 2.01. The summed E-state index contributed by atoms with van der Waals surface area (Å²) in [5.74, 6) is -1.84. The largest absolute Gasteiger partial charge is 0.492 e. The molecule has 1 amide bonds. The molecule has 5 nitrogen and oxygen atoms in total. The Bertz CT molecular complexity index is 528. The lowest BCUT2D eigenvalue weighted by Crippen LogP contribution is -2.15. The van der Waals surface area contributed by atoms with Crippen molar-refractivity contribution in [1.29, 1.82) is 0 Å². The van der Waals surface area contributed by atoms with Crippen molar-refractivity contribution in [2.45, 2.75) is 6.92 Å². The number of halogens is 2. The van der Waals surface area contributed by atoms with E-state index in [9.17, 15) is 9.59 Å². The minimum Gasteiger partial charge on any atom is -0.492 e. The van der Waals surface area contributed by atoms with E-state index in [1.165, 1.54) is 0 Å². The summed E-state index contributed by atoms with van der Waals surface area (Å²) in [6, 6.07) is 6.69. The summed E-state index contributed by atoms with van der Waals surface area (Å²) < 4.78 is 5.30. The number of para-hydroxylation sites is 2. The van der Waals surface area contributed by atoms with Crippen LogP contribution in [0.15, 0.2) is 34.3 Å².